The van der Waals surface area contributed by atoms with Gasteiger partial charge < -0.3 is 21.3 Å². The number of nitrogens with one attached hydrogen (secondary N) is 2. The van der Waals surface area contributed by atoms with Crippen molar-refractivity contribution in [3.8, 4) is 0 Å². The molecule has 1 aromatic rings. The summed E-state index contributed by atoms with van der Waals surface area (Å²) in [5.74, 6) is -1.32. The fourth-order valence-corrected chi connectivity index (χ4v) is 1.94. The zero-order valence-corrected chi connectivity index (χ0v) is 13.7. The Morgan fingerprint density at radius 2 is 1.83 bits per heavy atom. The van der Waals surface area contributed by atoms with Crippen molar-refractivity contribution < 1.29 is 18.8 Å². The van der Waals surface area contributed by atoms with Gasteiger partial charge >= 0.3 is 6.03 Å². The summed E-state index contributed by atoms with van der Waals surface area (Å²) in [7, 11) is 0. The molecule has 0 bridgehead atoms. The maximum absolute atomic E-state index is 12.8. The Kier molecular flexibility index (Phi) is 8.24. The molecular weight excluding hydrogens is 315 g/mol. The molecule has 0 saturated heterocycles. The number of primary amides is 1. The highest BCUT2D eigenvalue weighted by atomic mass is 19.1. The minimum absolute atomic E-state index is 0.169. The summed E-state index contributed by atoms with van der Waals surface area (Å²) < 4.78 is 12.8. The smallest absolute Gasteiger partial charge is 0.315 e. The third-order valence-corrected chi connectivity index (χ3v) is 3.25. The first-order chi connectivity index (χ1) is 11.4. The third kappa shape index (κ3) is 7.57. The molecule has 0 spiro atoms. The summed E-state index contributed by atoms with van der Waals surface area (Å²) >= 11 is 0. The standard InChI is InChI=1S/C16H23FN4O3/c1-2-3-8-21(11-14(18)22)15(23)10-20-16(24)19-9-12-4-6-13(17)7-5-12/h4-7H,2-3,8-11H2,1H3,(H2,18,22)(H2,19,20,24). The number of carbonyl (C=O) groups is 3. The van der Waals surface area contributed by atoms with Crippen molar-refractivity contribution in [1.82, 2.24) is 15.5 Å². The van der Waals surface area contributed by atoms with E-state index < -0.39 is 11.9 Å². The van der Waals surface area contributed by atoms with Crippen molar-refractivity contribution in [2.75, 3.05) is 19.6 Å². The van der Waals surface area contributed by atoms with Crippen molar-refractivity contribution in [3.05, 3.63) is 35.6 Å². The van der Waals surface area contributed by atoms with Crippen LogP contribution in [0.15, 0.2) is 24.3 Å². The van der Waals surface area contributed by atoms with Crippen LogP contribution >= 0.6 is 0 Å². The Morgan fingerprint density at radius 1 is 1.17 bits per heavy atom. The Hall–Kier alpha value is -2.64. The lowest BCUT2D eigenvalue weighted by molar-refractivity contribution is -0.134. The van der Waals surface area contributed by atoms with Gasteiger partial charge in [-0.1, -0.05) is 25.5 Å². The fourth-order valence-electron chi connectivity index (χ4n) is 1.94. The van der Waals surface area contributed by atoms with E-state index in [0.29, 0.717) is 6.54 Å². The zero-order valence-electron chi connectivity index (χ0n) is 13.7. The van der Waals surface area contributed by atoms with Crippen molar-refractivity contribution in [2.45, 2.75) is 26.3 Å². The van der Waals surface area contributed by atoms with E-state index in [-0.39, 0.29) is 31.4 Å². The molecular formula is C16H23FN4O3. The van der Waals surface area contributed by atoms with Crippen LogP contribution in [0.25, 0.3) is 0 Å². The summed E-state index contributed by atoms with van der Waals surface area (Å²) in [6.45, 7) is 2.19. The average Bonchev–Trinajstić information content (AvgIpc) is 2.55. The molecule has 0 aliphatic heterocycles. The molecule has 0 heterocycles. The highest BCUT2D eigenvalue weighted by molar-refractivity contribution is 5.87. The summed E-state index contributed by atoms with van der Waals surface area (Å²) in [5, 5.41) is 4.99. The molecule has 0 fully saturated rings. The molecule has 0 atom stereocenters. The minimum Gasteiger partial charge on any atom is -0.368 e. The van der Waals surface area contributed by atoms with E-state index in [2.05, 4.69) is 10.6 Å². The number of urea groups is 1. The topological polar surface area (TPSA) is 105 Å². The largest absolute Gasteiger partial charge is 0.368 e. The molecule has 0 unspecified atom stereocenters. The quantitative estimate of drug-likeness (QED) is 0.618. The molecule has 0 aliphatic rings. The van der Waals surface area contributed by atoms with Crippen LogP contribution in [0.4, 0.5) is 9.18 Å². The van der Waals surface area contributed by atoms with Crippen molar-refractivity contribution >= 4 is 17.8 Å². The number of nitrogens with two attached hydrogens (primary N) is 1. The Morgan fingerprint density at radius 3 is 2.42 bits per heavy atom. The monoisotopic (exact) mass is 338 g/mol. The molecule has 0 saturated carbocycles. The van der Waals surface area contributed by atoms with E-state index in [0.717, 1.165) is 18.4 Å². The molecule has 8 heteroatoms. The van der Waals surface area contributed by atoms with Crippen LogP contribution < -0.4 is 16.4 Å². The van der Waals surface area contributed by atoms with Crippen molar-refractivity contribution in [2.24, 2.45) is 5.73 Å². The van der Waals surface area contributed by atoms with Gasteiger partial charge in [0.25, 0.3) is 0 Å². The van der Waals surface area contributed by atoms with Gasteiger partial charge in [-0.3, -0.25) is 9.59 Å². The number of benzene rings is 1. The number of amides is 4. The maximum atomic E-state index is 12.8. The van der Waals surface area contributed by atoms with Crippen LogP contribution in [0.5, 0.6) is 0 Å². The van der Waals surface area contributed by atoms with Crippen LogP contribution in [0.3, 0.4) is 0 Å². The van der Waals surface area contributed by atoms with E-state index in [1.54, 1.807) is 12.1 Å². The van der Waals surface area contributed by atoms with Gasteiger partial charge in [0.05, 0.1) is 13.1 Å². The molecule has 0 aliphatic carbocycles. The minimum atomic E-state index is -0.597. The first-order valence-corrected chi connectivity index (χ1v) is 7.74. The second-order valence-electron chi connectivity index (χ2n) is 5.30. The van der Waals surface area contributed by atoms with Crippen LogP contribution in [0.1, 0.15) is 25.3 Å². The van der Waals surface area contributed by atoms with Crippen LogP contribution in [-0.2, 0) is 16.1 Å². The second-order valence-corrected chi connectivity index (χ2v) is 5.30. The van der Waals surface area contributed by atoms with E-state index in [9.17, 15) is 18.8 Å². The van der Waals surface area contributed by atoms with Gasteiger partial charge in [0.15, 0.2) is 0 Å². The van der Waals surface area contributed by atoms with Crippen LogP contribution in [0.2, 0.25) is 0 Å². The highest BCUT2D eigenvalue weighted by Crippen LogP contribution is 2.01. The van der Waals surface area contributed by atoms with Gasteiger partial charge in [-0.25, -0.2) is 9.18 Å². The normalized spacial score (nSPS) is 10.1. The van der Waals surface area contributed by atoms with Crippen molar-refractivity contribution in [3.63, 3.8) is 0 Å². The Labute approximate surface area is 140 Å². The summed E-state index contributed by atoms with van der Waals surface area (Å²) in [6, 6.07) is 5.18. The predicted molar refractivity (Wildman–Crippen MR) is 87.3 cm³/mol. The first-order valence-electron chi connectivity index (χ1n) is 7.74. The van der Waals surface area contributed by atoms with E-state index in [4.69, 9.17) is 5.73 Å². The van der Waals surface area contributed by atoms with Gasteiger partial charge in [0.1, 0.15) is 5.82 Å². The summed E-state index contributed by atoms with van der Waals surface area (Å²) in [6.07, 6.45) is 1.61. The van der Waals surface area contributed by atoms with Gasteiger partial charge in [-0.05, 0) is 24.1 Å². The second kappa shape index (κ2) is 10.2. The zero-order chi connectivity index (χ0) is 17.9. The number of unbranched alkanes of at least 4 members (excludes halogenated alkanes) is 1. The number of nitrogens with zero attached hydrogens (tertiary/aromatic N) is 1. The third-order valence-electron chi connectivity index (χ3n) is 3.25. The van der Waals surface area contributed by atoms with E-state index >= 15 is 0 Å². The molecule has 7 nitrogen and oxygen atoms in total. The van der Waals surface area contributed by atoms with Crippen LogP contribution in [-0.4, -0.2) is 42.4 Å². The number of hydrogen-bond acceptors (Lipinski definition) is 3. The van der Waals surface area contributed by atoms with Gasteiger partial charge in [0.2, 0.25) is 11.8 Å². The Balaban J connectivity index is 2.38. The molecule has 1 rings (SSSR count). The molecule has 132 valence electrons. The molecule has 4 N–H and O–H groups in total. The SMILES string of the molecule is CCCCN(CC(N)=O)C(=O)CNC(=O)NCc1ccc(F)cc1. The van der Waals surface area contributed by atoms with Gasteiger partial charge in [0, 0.05) is 13.1 Å². The average molecular weight is 338 g/mol. The first kappa shape index (κ1) is 19.4. The number of carbonyl (C=O) groups excluding carboxylic acids is 3. The number of rotatable bonds is 9. The lowest BCUT2D eigenvalue weighted by Crippen LogP contribution is -2.46. The van der Waals surface area contributed by atoms with Crippen LogP contribution in [0, 0.1) is 5.82 Å². The van der Waals surface area contributed by atoms with Gasteiger partial charge in [-0.2, -0.15) is 0 Å². The Bertz CT molecular complexity index is 563. The predicted octanol–water partition coefficient (Wildman–Crippen LogP) is 0.739. The molecule has 1 aromatic carbocycles. The lowest BCUT2D eigenvalue weighted by atomic mass is 10.2. The number of hydrogen-bond donors (Lipinski definition) is 3. The van der Waals surface area contributed by atoms with Crippen molar-refractivity contribution in [1.29, 1.82) is 0 Å². The fraction of sp³-hybridized carbons (Fsp3) is 0.438. The lowest BCUT2D eigenvalue weighted by Gasteiger charge is -2.21. The summed E-state index contributed by atoms with van der Waals surface area (Å²) in [4.78, 5) is 36.0. The summed E-state index contributed by atoms with van der Waals surface area (Å²) in [5.41, 5.74) is 5.85. The molecule has 0 radical (unpaired) electrons. The van der Waals surface area contributed by atoms with Gasteiger partial charge in [-0.15, -0.1) is 0 Å². The number of halogens is 1. The van der Waals surface area contributed by atoms with E-state index in [1.807, 2.05) is 6.92 Å². The molecule has 24 heavy (non-hydrogen) atoms. The maximum Gasteiger partial charge on any atom is 0.315 e. The molecule has 0 aromatic heterocycles. The van der Waals surface area contributed by atoms with E-state index in [1.165, 1.54) is 17.0 Å². The highest BCUT2D eigenvalue weighted by Gasteiger charge is 2.15. The molecule has 4 amide bonds.